The van der Waals surface area contributed by atoms with Crippen LogP contribution < -0.4 is 10.5 Å². The van der Waals surface area contributed by atoms with Crippen molar-refractivity contribution in [2.24, 2.45) is 5.73 Å². The van der Waals surface area contributed by atoms with Gasteiger partial charge in [0.25, 0.3) is 0 Å². The molecule has 0 saturated heterocycles. The zero-order valence-corrected chi connectivity index (χ0v) is 8.20. The van der Waals surface area contributed by atoms with Gasteiger partial charge in [0.1, 0.15) is 5.75 Å². The van der Waals surface area contributed by atoms with Crippen molar-refractivity contribution in [1.82, 2.24) is 0 Å². The fraction of sp³-hybridized carbons (Fsp3) is 0.500. The molecule has 2 nitrogen and oxygen atoms in total. The van der Waals surface area contributed by atoms with Crippen LogP contribution in [-0.2, 0) is 6.42 Å². The molecule has 0 radical (unpaired) electrons. The molecule has 2 aliphatic carbocycles. The highest BCUT2D eigenvalue weighted by Gasteiger charge is 2.27. The Morgan fingerprint density at radius 1 is 1.21 bits per heavy atom. The first-order valence-corrected chi connectivity index (χ1v) is 5.38. The van der Waals surface area contributed by atoms with Crippen molar-refractivity contribution in [2.75, 3.05) is 0 Å². The predicted octanol–water partition coefficient (Wildman–Crippen LogP) is 2.17. The second-order valence-electron chi connectivity index (χ2n) is 4.29. The largest absolute Gasteiger partial charge is 0.490 e. The van der Waals surface area contributed by atoms with Crippen LogP contribution >= 0.6 is 0 Å². The van der Waals surface area contributed by atoms with Crippen molar-refractivity contribution in [3.8, 4) is 5.75 Å². The first-order valence-electron chi connectivity index (χ1n) is 5.38. The van der Waals surface area contributed by atoms with Gasteiger partial charge in [0.2, 0.25) is 0 Å². The average Bonchev–Trinajstić information content (AvgIpc) is 2.92. The van der Waals surface area contributed by atoms with Crippen LogP contribution in [0.2, 0.25) is 0 Å². The minimum atomic E-state index is 0.229. The number of ether oxygens (including phenoxy) is 1. The van der Waals surface area contributed by atoms with Gasteiger partial charge >= 0.3 is 0 Å². The second kappa shape index (κ2) is 2.99. The summed E-state index contributed by atoms with van der Waals surface area (Å²) >= 11 is 0. The molecule has 0 aromatic heterocycles. The summed E-state index contributed by atoms with van der Waals surface area (Å²) in [7, 11) is 0. The third-order valence-corrected chi connectivity index (χ3v) is 3.09. The van der Waals surface area contributed by atoms with E-state index >= 15 is 0 Å². The summed E-state index contributed by atoms with van der Waals surface area (Å²) in [5.41, 5.74) is 8.65. The van der Waals surface area contributed by atoms with Gasteiger partial charge in [-0.15, -0.1) is 0 Å². The lowest BCUT2D eigenvalue weighted by Crippen LogP contribution is -2.05. The van der Waals surface area contributed by atoms with E-state index in [1.165, 1.54) is 24.0 Å². The van der Waals surface area contributed by atoms with Crippen molar-refractivity contribution in [2.45, 2.75) is 37.8 Å². The van der Waals surface area contributed by atoms with Crippen molar-refractivity contribution < 1.29 is 4.74 Å². The number of fused-ring (bicyclic) bond motifs is 1. The van der Waals surface area contributed by atoms with Crippen LogP contribution in [0, 0.1) is 0 Å². The Kier molecular flexibility index (Phi) is 1.77. The van der Waals surface area contributed by atoms with Crippen LogP contribution in [0.1, 0.15) is 36.4 Å². The summed E-state index contributed by atoms with van der Waals surface area (Å²) < 4.78 is 5.86. The molecule has 1 unspecified atom stereocenters. The topological polar surface area (TPSA) is 35.2 Å². The highest BCUT2D eigenvalue weighted by Crippen LogP contribution is 2.37. The molecule has 1 aromatic carbocycles. The van der Waals surface area contributed by atoms with Gasteiger partial charge in [-0.2, -0.15) is 0 Å². The summed E-state index contributed by atoms with van der Waals surface area (Å²) in [6.07, 6.45) is 5.07. The Morgan fingerprint density at radius 2 is 2.07 bits per heavy atom. The van der Waals surface area contributed by atoms with E-state index in [9.17, 15) is 0 Å². The molecule has 1 aromatic rings. The molecule has 1 saturated carbocycles. The van der Waals surface area contributed by atoms with E-state index in [4.69, 9.17) is 10.5 Å². The van der Waals surface area contributed by atoms with E-state index in [-0.39, 0.29) is 6.04 Å². The van der Waals surface area contributed by atoms with Crippen molar-refractivity contribution >= 4 is 0 Å². The maximum atomic E-state index is 6.01. The predicted molar refractivity (Wildman–Crippen MR) is 55.3 cm³/mol. The molecule has 2 N–H and O–H groups in total. The maximum Gasteiger partial charge on any atom is 0.123 e. The first kappa shape index (κ1) is 8.30. The summed E-state index contributed by atoms with van der Waals surface area (Å²) in [6, 6.07) is 6.50. The van der Waals surface area contributed by atoms with Crippen LogP contribution in [0.4, 0.5) is 0 Å². The molecular formula is C12H15NO. The van der Waals surface area contributed by atoms with Gasteiger partial charge in [-0.3, -0.25) is 0 Å². The molecule has 3 rings (SSSR count). The Balaban J connectivity index is 1.95. The van der Waals surface area contributed by atoms with Gasteiger partial charge < -0.3 is 10.5 Å². The molecule has 0 heterocycles. The molecule has 0 amide bonds. The highest BCUT2D eigenvalue weighted by molar-refractivity contribution is 5.45. The maximum absolute atomic E-state index is 6.01. The van der Waals surface area contributed by atoms with Gasteiger partial charge in [0.15, 0.2) is 0 Å². The molecule has 0 aliphatic heterocycles. The van der Waals surface area contributed by atoms with Gasteiger partial charge in [-0.25, -0.2) is 0 Å². The summed E-state index contributed by atoms with van der Waals surface area (Å²) in [5.74, 6) is 1.08. The van der Waals surface area contributed by atoms with E-state index in [1.54, 1.807) is 0 Å². The first-order chi connectivity index (χ1) is 6.84. The summed E-state index contributed by atoms with van der Waals surface area (Å²) in [4.78, 5) is 0. The van der Waals surface area contributed by atoms with E-state index in [0.29, 0.717) is 6.10 Å². The monoisotopic (exact) mass is 189 g/mol. The van der Waals surface area contributed by atoms with Crippen LogP contribution in [-0.4, -0.2) is 6.10 Å². The van der Waals surface area contributed by atoms with E-state index in [1.807, 2.05) is 0 Å². The van der Waals surface area contributed by atoms with Crippen molar-refractivity contribution in [3.05, 3.63) is 29.3 Å². The molecule has 2 heteroatoms. The number of hydrogen-bond acceptors (Lipinski definition) is 2. The fourth-order valence-corrected chi connectivity index (χ4v) is 2.13. The van der Waals surface area contributed by atoms with Crippen LogP contribution in [0.25, 0.3) is 0 Å². The lowest BCUT2D eigenvalue weighted by molar-refractivity contribution is 0.300. The number of benzene rings is 1. The fourth-order valence-electron chi connectivity index (χ4n) is 2.13. The lowest BCUT2D eigenvalue weighted by Gasteiger charge is -2.10. The molecule has 0 spiro atoms. The van der Waals surface area contributed by atoms with E-state index in [2.05, 4.69) is 18.2 Å². The van der Waals surface area contributed by atoms with Gasteiger partial charge in [0, 0.05) is 6.04 Å². The SMILES string of the molecule is NC1CCc2c(OC3CC3)cccc21. The van der Waals surface area contributed by atoms with Crippen molar-refractivity contribution in [3.63, 3.8) is 0 Å². The standard InChI is InChI=1S/C12H15NO/c13-11-7-6-10-9(11)2-1-3-12(10)14-8-4-5-8/h1-3,8,11H,4-7,13H2. The molecule has 1 atom stereocenters. The minimum Gasteiger partial charge on any atom is -0.490 e. The Hall–Kier alpha value is -1.02. The van der Waals surface area contributed by atoms with Crippen LogP contribution in [0.3, 0.4) is 0 Å². The van der Waals surface area contributed by atoms with E-state index in [0.717, 1.165) is 18.6 Å². The Morgan fingerprint density at radius 3 is 2.86 bits per heavy atom. The smallest absolute Gasteiger partial charge is 0.123 e. The third kappa shape index (κ3) is 1.30. The zero-order chi connectivity index (χ0) is 9.54. The quantitative estimate of drug-likeness (QED) is 0.773. The normalized spacial score (nSPS) is 24.8. The van der Waals surface area contributed by atoms with E-state index < -0.39 is 0 Å². The minimum absolute atomic E-state index is 0.229. The Labute approximate surface area is 84.1 Å². The summed E-state index contributed by atoms with van der Waals surface area (Å²) in [6.45, 7) is 0. The van der Waals surface area contributed by atoms with Gasteiger partial charge in [-0.1, -0.05) is 12.1 Å². The third-order valence-electron chi connectivity index (χ3n) is 3.09. The molecular weight excluding hydrogens is 174 g/mol. The number of hydrogen-bond donors (Lipinski definition) is 1. The number of rotatable bonds is 2. The lowest BCUT2D eigenvalue weighted by atomic mass is 10.1. The molecule has 74 valence electrons. The Bertz CT molecular complexity index is 357. The van der Waals surface area contributed by atoms with Gasteiger partial charge in [0.05, 0.1) is 6.10 Å². The zero-order valence-electron chi connectivity index (χ0n) is 8.20. The van der Waals surface area contributed by atoms with Crippen molar-refractivity contribution in [1.29, 1.82) is 0 Å². The van der Waals surface area contributed by atoms with Gasteiger partial charge in [-0.05, 0) is 42.9 Å². The molecule has 14 heavy (non-hydrogen) atoms. The molecule has 1 fully saturated rings. The number of nitrogens with two attached hydrogens (primary N) is 1. The highest BCUT2D eigenvalue weighted by atomic mass is 16.5. The second-order valence-corrected chi connectivity index (χ2v) is 4.29. The molecule has 0 bridgehead atoms. The molecule has 2 aliphatic rings. The van der Waals surface area contributed by atoms with Crippen LogP contribution in [0.15, 0.2) is 18.2 Å². The van der Waals surface area contributed by atoms with Crippen LogP contribution in [0.5, 0.6) is 5.75 Å². The average molecular weight is 189 g/mol. The summed E-state index contributed by atoms with van der Waals surface area (Å²) in [5, 5.41) is 0.